The van der Waals surface area contributed by atoms with Gasteiger partial charge in [0.15, 0.2) is 0 Å². The number of halogens is 1. The zero-order valence-electron chi connectivity index (χ0n) is 14.0. The van der Waals surface area contributed by atoms with Gasteiger partial charge in [-0.05, 0) is 54.8 Å². The normalized spacial score (nSPS) is 10.7. The van der Waals surface area contributed by atoms with E-state index >= 15 is 0 Å². The lowest BCUT2D eigenvalue weighted by Crippen LogP contribution is -2.08. The van der Waals surface area contributed by atoms with Gasteiger partial charge >= 0.3 is 5.69 Å². The highest BCUT2D eigenvalue weighted by molar-refractivity contribution is 6.02. The highest BCUT2D eigenvalue weighted by Gasteiger charge is 2.14. The smallest absolute Gasteiger partial charge is 0.304 e. The molecule has 0 aliphatic heterocycles. The second kappa shape index (κ2) is 7.57. The Morgan fingerprint density at radius 1 is 1.24 bits per heavy atom. The van der Waals surface area contributed by atoms with Gasteiger partial charge in [-0.15, -0.1) is 0 Å². The van der Waals surface area contributed by atoms with Gasteiger partial charge in [0.05, 0.1) is 12.0 Å². The third-order valence-corrected chi connectivity index (χ3v) is 3.62. The molecule has 0 bridgehead atoms. The lowest BCUT2D eigenvalue weighted by Gasteiger charge is -2.09. The van der Waals surface area contributed by atoms with Crippen molar-refractivity contribution in [2.75, 3.05) is 12.4 Å². The molecular formula is C18H17FN2O4. The summed E-state index contributed by atoms with van der Waals surface area (Å²) in [5, 5.41) is 13.0. The maximum Gasteiger partial charge on any atom is 0.304 e. The molecule has 0 spiro atoms. The number of benzene rings is 2. The molecule has 7 heteroatoms. The molecule has 0 aliphatic carbocycles. The maximum atomic E-state index is 13.6. The van der Waals surface area contributed by atoms with Crippen molar-refractivity contribution in [2.24, 2.45) is 0 Å². The minimum atomic E-state index is -1.01. The summed E-state index contributed by atoms with van der Waals surface area (Å²) in [5.74, 6) is -0.741. The lowest BCUT2D eigenvalue weighted by atomic mass is 10.0. The third-order valence-electron chi connectivity index (χ3n) is 3.62. The molecule has 0 saturated carbocycles. The monoisotopic (exact) mass is 344 g/mol. The van der Waals surface area contributed by atoms with Crippen molar-refractivity contribution in [1.29, 1.82) is 0 Å². The predicted octanol–water partition coefficient (Wildman–Crippen LogP) is 4.01. The first-order chi connectivity index (χ1) is 11.8. The molecular weight excluding hydrogens is 327 g/mol. The van der Waals surface area contributed by atoms with Gasteiger partial charge in [-0.1, -0.05) is 0 Å². The number of ether oxygens (including phenoxy) is 1. The highest BCUT2D eigenvalue weighted by atomic mass is 19.1. The summed E-state index contributed by atoms with van der Waals surface area (Å²) >= 11 is 0. The molecule has 0 aliphatic rings. The first kappa shape index (κ1) is 18.1. The number of carbonyl (C=O) groups is 1. The number of nitrogens with one attached hydrogen (secondary N) is 1. The second-order valence-corrected chi connectivity index (χ2v) is 5.42. The van der Waals surface area contributed by atoms with E-state index in [9.17, 15) is 19.3 Å². The summed E-state index contributed by atoms with van der Waals surface area (Å²) < 4.78 is 18.7. The first-order valence-corrected chi connectivity index (χ1v) is 7.40. The zero-order valence-corrected chi connectivity index (χ0v) is 14.0. The number of nitrogens with zero attached hydrogens (tertiary/aromatic N) is 1. The second-order valence-electron chi connectivity index (χ2n) is 5.42. The molecule has 0 unspecified atom stereocenters. The van der Waals surface area contributed by atoms with E-state index < -0.39 is 22.3 Å². The molecule has 2 aromatic rings. The van der Waals surface area contributed by atoms with Crippen LogP contribution in [0, 0.1) is 29.8 Å². The van der Waals surface area contributed by atoms with Crippen LogP contribution in [0.1, 0.15) is 16.7 Å². The Balaban J connectivity index is 2.14. The quantitative estimate of drug-likeness (QED) is 0.505. The van der Waals surface area contributed by atoms with Crippen molar-refractivity contribution in [1.82, 2.24) is 0 Å². The average molecular weight is 344 g/mol. The van der Waals surface area contributed by atoms with Crippen molar-refractivity contribution in [2.45, 2.75) is 13.8 Å². The Bertz CT molecular complexity index is 839. The largest absolute Gasteiger partial charge is 0.497 e. The van der Waals surface area contributed by atoms with E-state index in [0.29, 0.717) is 0 Å². The number of rotatable bonds is 5. The van der Waals surface area contributed by atoms with E-state index in [1.165, 1.54) is 12.1 Å². The molecule has 6 nitrogen and oxygen atoms in total. The van der Waals surface area contributed by atoms with Gasteiger partial charge in [-0.2, -0.15) is 4.39 Å². The Morgan fingerprint density at radius 2 is 1.88 bits per heavy atom. The van der Waals surface area contributed by atoms with E-state index in [1.54, 1.807) is 13.2 Å². The van der Waals surface area contributed by atoms with Crippen LogP contribution in [0.25, 0.3) is 6.08 Å². The molecule has 25 heavy (non-hydrogen) atoms. The molecule has 0 aromatic heterocycles. The molecule has 2 rings (SSSR count). The van der Waals surface area contributed by atoms with Gasteiger partial charge in [0.2, 0.25) is 11.7 Å². The van der Waals surface area contributed by atoms with Crippen LogP contribution in [-0.4, -0.2) is 17.9 Å². The van der Waals surface area contributed by atoms with Crippen molar-refractivity contribution in [3.8, 4) is 5.75 Å². The van der Waals surface area contributed by atoms with Crippen molar-refractivity contribution < 1.29 is 18.8 Å². The topological polar surface area (TPSA) is 81.5 Å². The minimum absolute atomic E-state index is 0.140. The van der Waals surface area contributed by atoms with Gasteiger partial charge in [-0.25, -0.2) is 0 Å². The van der Waals surface area contributed by atoms with E-state index in [4.69, 9.17) is 4.74 Å². The van der Waals surface area contributed by atoms with Gasteiger partial charge in [0, 0.05) is 23.9 Å². The summed E-state index contributed by atoms with van der Waals surface area (Å²) in [6.07, 6.45) is 2.97. The van der Waals surface area contributed by atoms with Crippen LogP contribution in [0.2, 0.25) is 0 Å². The molecule has 1 amide bonds. The number of methoxy groups -OCH3 is 1. The number of amides is 1. The summed E-state index contributed by atoms with van der Waals surface area (Å²) in [7, 11) is 1.58. The minimum Gasteiger partial charge on any atom is -0.497 e. The summed E-state index contributed by atoms with van der Waals surface area (Å²) in [6.45, 7) is 3.80. The van der Waals surface area contributed by atoms with Crippen LogP contribution >= 0.6 is 0 Å². The van der Waals surface area contributed by atoms with Gasteiger partial charge < -0.3 is 10.1 Å². The molecule has 0 saturated heterocycles. The van der Waals surface area contributed by atoms with Gasteiger partial charge in [-0.3, -0.25) is 14.9 Å². The Labute approximate surface area is 144 Å². The number of nitro benzene ring substituents is 1. The van der Waals surface area contributed by atoms with Gasteiger partial charge in [0.1, 0.15) is 5.75 Å². The van der Waals surface area contributed by atoms with Crippen LogP contribution < -0.4 is 10.1 Å². The third kappa shape index (κ3) is 4.41. The molecule has 2 aromatic carbocycles. The number of hydrogen-bond donors (Lipinski definition) is 1. The molecule has 130 valence electrons. The fourth-order valence-electron chi connectivity index (χ4n) is 2.39. The van der Waals surface area contributed by atoms with Crippen LogP contribution in [0.5, 0.6) is 5.75 Å². The Kier molecular flexibility index (Phi) is 5.49. The van der Waals surface area contributed by atoms with E-state index in [1.807, 2.05) is 26.0 Å². The first-order valence-electron chi connectivity index (χ1n) is 7.40. The highest BCUT2D eigenvalue weighted by Crippen LogP contribution is 2.23. The molecule has 0 radical (unpaired) electrons. The number of anilines is 1. The summed E-state index contributed by atoms with van der Waals surface area (Å²) in [4.78, 5) is 21.7. The number of nitro groups is 1. The van der Waals surface area contributed by atoms with Crippen molar-refractivity contribution in [3.63, 3.8) is 0 Å². The number of aryl methyl sites for hydroxylation is 2. The SMILES string of the molecule is COc1cc(C)c(/C=C/C(=O)Nc2ccc([N+](=O)[O-])c(F)c2)c(C)c1. The molecule has 0 heterocycles. The van der Waals surface area contributed by atoms with Crippen LogP contribution in [-0.2, 0) is 4.79 Å². The van der Waals surface area contributed by atoms with E-state index in [-0.39, 0.29) is 5.69 Å². The molecule has 0 fully saturated rings. The fraction of sp³-hybridized carbons (Fsp3) is 0.167. The van der Waals surface area contributed by atoms with Crippen LogP contribution in [0.4, 0.5) is 15.8 Å². The maximum absolute atomic E-state index is 13.6. The van der Waals surface area contributed by atoms with Crippen molar-refractivity contribution in [3.05, 3.63) is 69.0 Å². The van der Waals surface area contributed by atoms with Crippen LogP contribution in [0.3, 0.4) is 0 Å². The van der Waals surface area contributed by atoms with E-state index in [2.05, 4.69) is 5.32 Å². The molecule has 1 N–H and O–H groups in total. The van der Waals surface area contributed by atoms with Gasteiger partial charge in [0.25, 0.3) is 0 Å². The number of carbonyl (C=O) groups excluding carboxylic acids is 1. The average Bonchev–Trinajstić information content (AvgIpc) is 2.53. The number of hydrogen-bond acceptors (Lipinski definition) is 4. The summed E-state index contributed by atoms with van der Waals surface area (Å²) in [5.41, 5.74) is 2.27. The predicted molar refractivity (Wildman–Crippen MR) is 93.2 cm³/mol. The fourth-order valence-corrected chi connectivity index (χ4v) is 2.39. The van der Waals surface area contributed by atoms with Crippen molar-refractivity contribution >= 4 is 23.4 Å². The standard InChI is InChI=1S/C18H17FN2O4/c1-11-8-14(25-3)9-12(2)15(11)5-7-18(22)20-13-4-6-17(21(23)24)16(19)10-13/h4-10H,1-3H3,(H,20,22)/b7-5+. The van der Waals surface area contributed by atoms with E-state index in [0.717, 1.165) is 34.6 Å². The Morgan fingerprint density at radius 3 is 2.40 bits per heavy atom. The zero-order chi connectivity index (χ0) is 18.6. The lowest BCUT2D eigenvalue weighted by molar-refractivity contribution is -0.387. The Hall–Kier alpha value is -3.22. The van der Waals surface area contributed by atoms with Crippen LogP contribution in [0.15, 0.2) is 36.4 Å². The summed E-state index contributed by atoms with van der Waals surface area (Å²) in [6, 6.07) is 6.91. The molecule has 0 atom stereocenters.